The van der Waals surface area contributed by atoms with E-state index in [-0.39, 0.29) is 6.61 Å². The number of aliphatic hydroxyl groups is 2. The van der Waals surface area contributed by atoms with Crippen molar-refractivity contribution in [1.29, 1.82) is 0 Å². The maximum Gasteiger partial charge on any atom is 0.134 e. The SMILES string of the molecule is C=CCCCCC/C=C\[C@H](O)C#CC#C/C=C/CO. The summed E-state index contributed by atoms with van der Waals surface area (Å²) in [4.78, 5) is 0. The molecule has 0 saturated heterocycles. The van der Waals surface area contributed by atoms with Crippen LogP contribution in [0.15, 0.2) is 37.0 Å². The summed E-state index contributed by atoms with van der Waals surface area (Å²) in [6, 6.07) is 0. The predicted octanol–water partition coefficient (Wildman–Crippen LogP) is 2.60. The first kappa shape index (κ1) is 17.3. The van der Waals surface area contributed by atoms with Gasteiger partial charge in [-0.1, -0.05) is 36.5 Å². The van der Waals surface area contributed by atoms with Gasteiger partial charge in [-0.15, -0.1) is 6.58 Å². The maximum absolute atomic E-state index is 9.49. The quantitative estimate of drug-likeness (QED) is 0.399. The Balaban J connectivity index is 3.74. The molecule has 1 atom stereocenters. The van der Waals surface area contributed by atoms with Crippen LogP contribution in [0.5, 0.6) is 0 Å². The van der Waals surface area contributed by atoms with Crippen LogP contribution in [0.3, 0.4) is 0 Å². The van der Waals surface area contributed by atoms with Gasteiger partial charge in [0.1, 0.15) is 6.10 Å². The summed E-state index contributed by atoms with van der Waals surface area (Å²) in [6.45, 7) is 3.65. The molecule has 0 bridgehead atoms. The van der Waals surface area contributed by atoms with Crippen molar-refractivity contribution in [3.8, 4) is 23.7 Å². The van der Waals surface area contributed by atoms with Crippen LogP contribution in [0.4, 0.5) is 0 Å². The minimum absolute atomic E-state index is 0.0275. The summed E-state index contributed by atoms with van der Waals surface area (Å²) in [7, 11) is 0. The third kappa shape index (κ3) is 14.2. The van der Waals surface area contributed by atoms with E-state index in [1.165, 1.54) is 25.0 Å². The first-order valence-electron chi connectivity index (χ1n) is 6.53. The molecule has 0 heterocycles. The van der Waals surface area contributed by atoms with Gasteiger partial charge in [0, 0.05) is 0 Å². The second-order valence-electron chi connectivity index (χ2n) is 3.92. The fourth-order valence-electron chi connectivity index (χ4n) is 1.30. The van der Waals surface area contributed by atoms with Gasteiger partial charge in [0.05, 0.1) is 6.61 Å². The van der Waals surface area contributed by atoms with Crippen molar-refractivity contribution in [2.45, 2.75) is 38.2 Å². The van der Waals surface area contributed by atoms with E-state index in [0.29, 0.717) is 0 Å². The highest BCUT2D eigenvalue weighted by Crippen LogP contribution is 2.04. The summed E-state index contributed by atoms with van der Waals surface area (Å²) in [6.07, 6.45) is 13.4. The monoisotopic (exact) mass is 258 g/mol. The summed E-state index contributed by atoms with van der Waals surface area (Å²) in [5.74, 6) is 10.4. The fraction of sp³-hybridized carbons (Fsp3) is 0.412. The average molecular weight is 258 g/mol. The van der Waals surface area contributed by atoms with E-state index < -0.39 is 6.10 Å². The van der Waals surface area contributed by atoms with Gasteiger partial charge in [-0.2, -0.15) is 0 Å². The Labute approximate surface area is 116 Å². The lowest BCUT2D eigenvalue weighted by molar-refractivity contribution is 0.280. The summed E-state index contributed by atoms with van der Waals surface area (Å²) < 4.78 is 0. The molecule has 2 nitrogen and oxygen atoms in total. The largest absolute Gasteiger partial charge is 0.392 e. The Morgan fingerprint density at radius 1 is 1.05 bits per heavy atom. The zero-order chi connectivity index (χ0) is 14.2. The molecule has 0 fully saturated rings. The number of hydrogen-bond donors (Lipinski definition) is 2. The molecule has 0 unspecified atom stereocenters. The molecule has 0 aliphatic heterocycles. The molecule has 0 spiro atoms. The third-order valence-electron chi connectivity index (χ3n) is 2.26. The van der Waals surface area contributed by atoms with Gasteiger partial charge in [-0.3, -0.25) is 0 Å². The van der Waals surface area contributed by atoms with Gasteiger partial charge >= 0.3 is 0 Å². The standard InChI is InChI=1S/C17H22O2/c1-2-3-4-5-6-8-11-14-17(19)15-12-9-7-10-13-16-18/h2,10-11,13-14,17-19H,1,3-6,8,16H2/b13-10+,14-11-/t17-/m0/s1. The molecule has 19 heavy (non-hydrogen) atoms. The molecule has 0 radical (unpaired) electrons. The zero-order valence-electron chi connectivity index (χ0n) is 11.3. The summed E-state index contributed by atoms with van der Waals surface area (Å²) in [5, 5.41) is 17.9. The van der Waals surface area contributed by atoms with E-state index in [1.54, 1.807) is 6.08 Å². The molecular formula is C17H22O2. The Bertz CT molecular complexity index is 396. The van der Waals surface area contributed by atoms with E-state index in [2.05, 4.69) is 30.3 Å². The van der Waals surface area contributed by atoms with Gasteiger partial charge in [0.15, 0.2) is 0 Å². The van der Waals surface area contributed by atoms with Crippen molar-refractivity contribution in [3.63, 3.8) is 0 Å². The normalized spacial score (nSPS) is 11.7. The minimum atomic E-state index is -0.760. The molecule has 0 aliphatic carbocycles. The maximum atomic E-state index is 9.49. The van der Waals surface area contributed by atoms with Crippen LogP contribution in [0.25, 0.3) is 0 Å². The number of aliphatic hydroxyl groups excluding tert-OH is 2. The van der Waals surface area contributed by atoms with Gasteiger partial charge in [-0.25, -0.2) is 0 Å². The summed E-state index contributed by atoms with van der Waals surface area (Å²) in [5.41, 5.74) is 0. The fourth-order valence-corrected chi connectivity index (χ4v) is 1.30. The third-order valence-corrected chi connectivity index (χ3v) is 2.26. The lowest BCUT2D eigenvalue weighted by Gasteiger charge is -1.95. The molecule has 102 valence electrons. The van der Waals surface area contributed by atoms with Crippen LogP contribution >= 0.6 is 0 Å². The van der Waals surface area contributed by atoms with Gasteiger partial charge in [-0.05, 0) is 49.7 Å². The van der Waals surface area contributed by atoms with Crippen molar-refractivity contribution >= 4 is 0 Å². The van der Waals surface area contributed by atoms with E-state index in [0.717, 1.165) is 19.3 Å². The highest BCUT2D eigenvalue weighted by molar-refractivity contribution is 5.32. The topological polar surface area (TPSA) is 40.5 Å². The second-order valence-corrected chi connectivity index (χ2v) is 3.92. The lowest BCUT2D eigenvalue weighted by atomic mass is 10.1. The molecule has 0 amide bonds. The van der Waals surface area contributed by atoms with Crippen LogP contribution in [0.2, 0.25) is 0 Å². The summed E-state index contributed by atoms with van der Waals surface area (Å²) >= 11 is 0. The van der Waals surface area contributed by atoms with E-state index in [1.807, 2.05) is 12.2 Å². The number of rotatable bonds is 8. The van der Waals surface area contributed by atoms with E-state index in [4.69, 9.17) is 5.11 Å². The van der Waals surface area contributed by atoms with E-state index >= 15 is 0 Å². The van der Waals surface area contributed by atoms with Crippen LogP contribution in [0.1, 0.15) is 32.1 Å². The predicted molar refractivity (Wildman–Crippen MR) is 80.2 cm³/mol. The molecule has 2 heteroatoms. The molecule has 0 aliphatic rings. The van der Waals surface area contributed by atoms with Crippen molar-refractivity contribution in [2.75, 3.05) is 6.61 Å². The van der Waals surface area contributed by atoms with Crippen molar-refractivity contribution in [2.24, 2.45) is 0 Å². The highest BCUT2D eigenvalue weighted by Gasteiger charge is 1.90. The number of unbranched alkanes of at least 4 members (excludes halogenated alkanes) is 4. The molecule has 0 saturated carbocycles. The average Bonchev–Trinajstić information content (AvgIpc) is 2.41. The van der Waals surface area contributed by atoms with Crippen molar-refractivity contribution in [1.82, 2.24) is 0 Å². The van der Waals surface area contributed by atoms with Gasteiger partial charge in [0.25, 0.3) is 0 Å². The Morgan fingerprint density at radius 2 is 1.84 bits per heavy atom. The Kier molecular flexibility index (Phi) is 13.0. The zero-order valence-corrected chi connectivity index (χ0v) is 11.3. The van der Waals surface area contributed by atoms with Crippen LogP contribution in [0, 0.1) is 23.7 Å². The highest BCUT2D eigenvalue weighted by atomic mass is 16.3. The number of allylic oxidation sites excluding steroid dienone is 3. The van der Waals surface area contributed by atoms with E-state index in [9.17, 15) is 5.11 Å². The van der Waals surface area contributed by atoms with Crippen molar-refractivity contribution in [3.05, 3.63) is 37.0 Å². The molecular weight excluding hydrogens is 236 g/mol. The molecule has 0 rings (SSSR count). The number of hydrogen-bond acceptors (Lipinski definition) is 2. The lowest BCUT2D eigenvalue weighted by Crippen LogP contribution is -1.96. The molecule has 0 aromatic rings. The van der Waals surface area contributed by atoms with Gasteiger partial charge in [0.2, 0.25) is 0 Å². The second kappa shape index (κ2) is 14.3. The van der Waals surface area contributed by atoms with Crippen molar-refractivity contribution < 1.29 is 10.2 Å². The van der Waals surface area contributed by atoms with Crippen LogP contribution < -0.4 is 0 Å². The first-order chi connectivity index (χ1) is 9.31. The van der Waals surface area contributed by atoms with Crippen LogP contribution in [-0.4, -0.2) is 22.9 Å². The smallest absolute Gasteiger partial charge is 0.134 e. The molecule has 0 aromatic heterocycles. The Hall–Kier alpha value is -1.74. The molecule has 0 aromatic carbocycles. The first-order valence-corrected chi connectivity index (χ1v) is 6.53. The Morgan fingerprint density at radius 3 is 2.58 bits per heavy atom. The molecule has 2 N–H and O–H groups in total. The minimum Gasteiger partial charge on any atom is -0.392 e. The van der Waals surface area contributed by atoms with Crippen LogP contribution in [-0.2, 0) is 0 Å². The van der Waals surface area contributed by atoms with Gasteiger partial charge < -0.3 is 10.2 Å².